The van der Waals surface area contributed by atoms with E-state index >= 15 is 0 Å². The Morgan fingerprint density at radius 1 is 1.46 bits per heavy atom. The molecule has 0 aliphatic carbocycles. The van der Waals surface area contributed by atoms with Crippen LogP contribution in [0.25, 0.3) is 0 Å². The quantitative estimate of drug-likeness (QED) is 0.637. The molecular formula is C10H11IN2. The molecule has 0 saturated carbocycles. The van der Waals surface area contributed by atoms with E-state index in [4.69, 9.17) is 11.0 Å². The summed E-state index contributed by atoms with van der Waals surface area (Å²) in [6, 6.07) is 5.85. The van der Waals surface area contributed by atoms with Crippen molar-refractivity contribution in [2.75, 3.05) is 5.73 Å². The molecule has 0 aromatic heterocycles. The summed E-state index contributed by atoms with van der Waals surface area (Å²) < 4.78 is 0.970. The Balaban J connectivity index is 3.31. The summed E-state index contributed by atoms with van der Waals surface area (Å²) in [5.74, 6) is 0.404. The van der Waals surface area contributed by atoms with Crippen molar-refractivity contribution < 1.29 is 0 Å². The summed E-state index contributed by atoms with van der Waals surface area (Å²) in [6.07, 6.45) is 0. The van der Waals surface area contributed by atoms with Crippen LogP contribution in [0, 0.1) is 14.9 Å². The maximum atomic E-state index is 8.76. The minimum atomic E-state index is 0.404. The third-order valence-corrected chi connectivity index (χ3v) is 2.81. The Morgan fingerprint density at radius 2 is 2.08 bits per heavy atom. The van der Waals surface area contributed by atoms with Gasteiger partial charge in [-0.05, 0) is 46.2 Å². The number of hydrogen-bond acceptors (Lipinski definition) is 2. The lowest BCUT2D eigenvalue weighted by molar-refractivity contribution is 0.868. The number of nitriles is 1. The first-order valence-corrected chi connectivity index (χ1v) is 5.13. The average Bonchev–Trinajstić information content (AvgIpc) is 2.07. The summed E-state index contributed by atoms with van der Waals surface area (Å²) in [7, 11) is 0. The minimum absolute atomic E-state index is 0.404. The summed E-state index contributed by atoms with van der Waals surface area (Å²) in [5, 5.41) is 8.76. The van der Waals surface area contributed by atoms with E-state index in [0.717, 1.165) is 9.13 Å². The van der Waals surface area contributed by atoms with Crippen LogP contribution in [0.3, 0.4) is 0 Å². The zero-order valence-electron chi connectivity index (χ0n) is 7.63. The van der Waals surface area contributed by atoms with Gasteiger partial charge in [0.2, 0.25) is 0 Å². The number of benzene rings is 1. The summed E-state index contributed by atoms with van der Waals surface area (Å²) in [6.45, 7) is 4.18. The molecule has 1 rings (SSSR count). The molecular weight excluding hydrogens is 275 g/mol. The van der Waals surface area contributed by atoms with Crippen LogP contribution in [0.2, 0.25) is 0 Å². The number of anilines is 1. The number of nitrogens with two attached hydrogens (primary N) is 1. The molecule has 3 heteroatoms. The fraction of sp³-hybridized carbons (Fsp3) is 0.300. The molecule has 2 nitrogen and oxygen atoms in total. The first kappa shape index (κ1) is 10.3. The van der Waals surface area contributed by atoms with E-state index in [1.165, 1.54) is 0 Å². The second-order valence-corrected chi connectivity index (χ2v) is 4.39. The fourth-order valence-corrected chi connectivity index (χ4v) is 1.80. The SMILES string of the molecule is CC(C)c1cc(I)c(C#N)cc1N. The van der Waals surface area contributed by atoms with Crippen molar-refractivity contribution in [3.8, 4) is 6.07 Å². The molecule has 0 spiro atoms. The van der Waals surface area contributed by atoms with Gasteiger partial charge in [0.1, 0.15) is 6.07 Å². The van der Waals surface area contributed by atoms with Gasteiger partial charge in [0.15, 0.2) is 0 Å². The molecule has 0 aliphatic rings. The van der Waals surface area contributed by atoms with Crippen molar-refractivity contribution in [1.29, 1.82) is 5.26 Å². The third kappa shape index (κ3) is 2.13. The highest BCUT2D eigenvalue weighted by Gasteiger charge is 2.08. The number of nitrogens with zero attached hydrogens (tertiary/aromatic N) is 1. The molecule has 0 unspecified atom stereocenters. The van der Waals surface area contributed by atoms with Crippen molar-refractivity contribution >= 4 is 28.3 Å². The maximum absolute atomic E-state index is 8.76. The molecule has 0 amide bonds. The van der Waals surface area contributed by atoms with E-state index in [1.54, 1.807) is 6.07 Å². The van der Waals surface area contributed by atoms with Gasteiger partial charge in [-0.15, -0.1) is 0 Å². The van der Waals surface area contributed by atoms with Gasteiger partial charge in [-0.2, -0.15) is 5.26 Å². The molecule has 1 aromatic carbocycles. The summed E-state index contributed by atoms with van der Waals surface area (Å²) >= 11 is 2.16. The van der Waals surface area contributed by atoms with Gasteiger partial charge >= 0.3 is 0 Å². The Kier molecular flexibility index (Phi) is 3.15. The first-order chi connectivity index (χ1) is 6.06. The van der Waals surface area contributed by atoms with E-state index in [-0.39, 0.29) is 0 Å². The van der Waals surface area contributed by atoms with E-state index in [0.29, 0.717) is 17.2 Å². The molecule has 68 valence electrons. The average molecular weight is 286 g/mol. The Hall–Kier alpha value is -0.760. The van der Waals surface area contributed by atoms with Crippen molar-refractivity contribution in [3.05, 3.63) is 26.8 Å². The molecule has 0 aliphatic heterocycles. The van der Waals surface area contributed by atoms with Crippen LogP contribution in [0.1, 0.15) is 30.9 Å². The van der Waals surface area contributed by atoms with E-state index in [9.17, 15) is 0 Å². The molecule has 0 heterocycles. The summed E-state index contributed by atoms with van der Waals surface area (Å²) in [4.78, 5) is 0. The lowest BCUT2D eigenvalue weighted by Crippen LogP contribution is -1.98. The first-order valence-electron chi connectivity index (χ1n) is 4.05. The van der Waals surface area contributed by atoms with Gasteiger partial charge in [-0.3, -0.25) is 0 Å². The van der Waals surface area contributed by atoms with Crippen LogP contribution in [-0.4, -0.2) is 0 Å². The predicted octanol–water partition coefficient (Wildman–Crippen LogP) is 2.87. The lowest BCUT2D eigenvalue weighted by Gasteiger charge is -2.10. The third-order valence-electron chi connectivity index (χ3n) is 1.92. The van der Waals surface area contributed by atoms with Crippen molar-refractivity contribution in [2.45, 2.75) is 19.8 Å². The molecule has 0 radical (unpaired) electrons. The van der Waals surface area contributed by atoms with Crippen LogP contribution in [0.15, 0.2) is 12.1 Å². The van der Waals surface area contributed by atoms with E-state index in [1.807, 2.05) is 6.07 Å². The normalized spacial score (nSPS) is 10.1. The highest BCUT2D eigenvalue weighted by Crippen LogP contribution is 2.26. The Morgan fingerprint density at radius 3 is 2.54 bits per heavy atom. The molecule has 13 heavy (non-hydrogen) atoms. The molecule has 0 bridgehead atoms. The largest absolute Gasteiger partial charge is 0.398 e. The Labute approximate surface area is 91.9 Å². The molecule has 2 N–H and O–H groups in total. The molecule has 0 fully saturated rings. The van der Waals surface area contributed by atoms with Crippen LogP contribution < -0.4 is 5.73 Å². The minimum Gasteiger partial charge on any atom is -0.398 e. The van der Waals surface area contributed by atoms with Gasteiger partial charge in [0.05, 0.1) is 5.56 Å². The molecule has 1 aromatic rings. The van der Waals surface area contributed by atoms with Gasteiger partial charge in [-0.1, -0.05) is 13.8 Å². The zero-order valence-corrected chi connectivity index (χ0v) is 9.79. The number of halogens is 1. The van der Waals surface area contributed by atoms with Crippen molar-refractivity contribution in [1.82, 2.24) is 0 Å². The lowest BCUT2D eigenvalue weighted by atomic mass is 10.00. The number of hydrogen-bond donors (Lipinski definition) is 1. The van der Waals surface area contributed by atoms with Crippen LogP contribution in [0.5, 0.6) is 0 Å². The Bertz CT molecular complexity index is 364. The molecule has 0 atom stereocenters. The zero-order chi connectivity index (χ0) is 10.0. The molecule has 0 saturated heterocycles. The van der Waals surface area contributed by atoms with Crippen molar-refractivity contribution in [2.24, 2.45) is 0 Å². The summed E-state index contributed by atoms with van der Waals surface area (Å²) in [5.41, 5.74) is 8.30. The van der Waals surface area contributed by atoms with Gasteiger partial charge in [-0.25, -0.2) is 0 Å². The van der Waals surface area contributed by atoms with Gasteiger partial charge in [0, 0.05) is 9.26 Å². The van der Waals surface area contributed by atoms with E-state index < -0.39 is 0 Å². The topological polar surface area (TPSA) is 49.8 Å². The highest BCUT2D eigenvalue weighted by atomic mass is 127. The monoisotopic (exact) mass is 286 g/mol. The van der Waals surface area contributed by atoms with E-state index in [2.05, 4.69) is 42.5 Å². The fourth-order valence-electron chi connectivity index (χ4n) is 1.19. The van der Waals surface area contributed by atoms with Crippen LogP contribution in [0.4, 0.5) is 5.69 Å². The smallest absolute Gasteiger partial charge is 0.100 e. The standard InChI is InChI=1S/C10H11IN2/c1-6(2)8-4-9(11)7(5-12)3-10(8)13/h3-4,6H,13H2,1-2H3. The maximum Gasteiger partial charge on any atom is 0.100 e. The second-order valence-electron chi connectivity index (χ2n) is 3.23. The predicted molar refractivity (Wildman–Crippen MR) is 62.4 cm³/mol. The van der Waals surface area contributed by atoms with Gasteiger partial charge in [0.25, 0.3) is 0 Å². The number of nitrogen functional groups attached to an aromatic ring is 1. The highest BCUT2D eigenvalue weighted by molar-refractivity contribution is 14.1. The van der Waals surface area contributed by atoms with Crippen LogP contribution >= 0.6 is 22.6 Å². The number of rotatable bonds is 1. The van der Waals surface area contributed by atoms with Gasteiger partial charge < -0.3 is 5.73 Å². The van der Waals surface area contributed by atoms with Crippen molar-refractivity contribution in [3.63, 3.8) is 0 Å². The van der Waals surface area contributed by atoms with Crippen LogP contribution in [-0.2, 0) is 0 Å². The second kappa shape index (κ2) is 3.97.